The molecular weight excluding hydrogens is 529 g/mol. The fourth-order valence-electron chi connectivity index (χ4n) is 3.77. The monoisotopic (exact) mass is 567 g/mol. The van der Waals surface area contributed by atoms with E-state index in [1.807, 2.05) is 42.5 Å². The number of pyridine rings is 1. The summed E-state index contributed by atoms with van der Waals surface area (Å²) in [6.45, 7) is 13.0. The topological polar surface area (TPSA) is 71.0 Å². The number of nitrogens with zero attached hydrogens (tertiary/aromatic N) is 3. The van der Waals surface area contributed by atoms with Crippen molar-refractivity contribution in [2.45, 2.75) is 40.0 Å². The molecule has 1 saturated heterocycles. The molecule has 33 heavy (non-hydrogen) atoms. The maximum absolute atomic E-state index is 5.85. The number of aromatic nitrogens is 1. The highest BCUT2D eigenvalue weighted by atomic mass is 127. The predicted molar refractivity (Wildman–Crippen MR) is 144 cm³/mol. The number of aliphatic imine (C=N–C) groups is 1. The molecule has 1 fully saturated rings. The summed E-state index contributed by atoms with van der Waals surface area (Å²) in [6.07, 6.45) is 1.78. The summed E-state index contributed by atoms with van der Waals surface area (Å²) in [5, 5.41) is 6.90. The van der Waals surface area contributed by atoms with Crippen LogP contribution in [0.25, 0.3) is 0 Å². The number of halogens is 1. The molecule has 1 aromatic carbocycles. The van der Waals surface area contributed by atoms with Crippen molar-refractivity contribution in [3.63, 3.8) is 0 Å². The van der Waals surface area contributed by atoms with Gasteiger partial charge in [-0.25, -0.2) is 9.98 Å². The summed E-state index contributed by atoms with van der Waals surface area (Å²) >= 11 is 0. The molecule has 2 heterocycles. The standard InChI is InChI=1S/C25H37N5O2.HI/c1-4-26-25(29-18-23(20(2)3)30-12-14-31-15-13-30)28-17-22-10-11-27-24(16-22)32-19-21-8-6-5-7-9-21;/h5-11,16,20,23H,4,12-15,17-19H2,1-3H3,(H2,26,28,29);1H. The minimum atomic E-state index is 0. The van der Waals surface area contributed by atoms with Crippen LogP contribution >= 0.6 is 24.0 Å². The smallest absolute Gasteiger partial charge is 0.213 e. The van der Waals surface area contributed by atoms with Crippen molar-refractivity contribution < 1.29 is 9.47 Å². The summed E-state index contributed by atoms with van der Waals surface area (Å²) < 4.78 is 11.4. The molecule has 1 aliphatic rings. The Hall–Kier alpha value is -1.91. The van der Waals surface area contributed by atoms with E-state index in [0.717, 1.165) is 56.5 Å². The van der Waals surface area contributed by atoms with Gasteiger partial charge in [-0.1, -0.05) is 44.2 Å². The molecule has 0 spiro atoms. The second kappa shape index (κ2) is 15.1. The van der Waals surface area contributed by atoms with E-state index in [4.69, 9.17) is 14.5 Å². The van der Waals surface area contributed by atoms with Gasteiger partial charge in [-0.15, -0.1) is 24.0 Å². The van der Waals surface area contributed by atoms with Gasteiger partial charge in [0, 0.05) is 44.5 Å². The summed E-state index contributed by atoms with van der Waals surface area (Å²) in [5.41, 5.74) is 2.19. The van der Waals surface area contributed by atoms with Crippen molar-refractivity contribution in [1.82, 2.24) is 20.5 Å². The average Bonchev–Trinajstić information content (AvgIpc) is 2.83. The third-order valence-corrected chi connectivity index (χ3v) is 5.56. The summed E-state index contributed by atoms with van der Waals surface area (Å²) in [4.78, 5) is 11.6. The van der Waals surface area contributed by atoms with E-state index in [2.05, 4.69) is 41.3 Å². The van der Waals surface area contributed by atoms with E-state index >= 15 is 0 Å². The number of benzene rings is 1. The summed E-state index contributed by atoms with van der Waals surface area (Å²) in [6, 6.07) is 14.5. The van der Waals surface area contributed by atoms with Gasteiger partial charge in [0.2, 0.25) is 5.88 Å². The second-order valence-electron chi connectivity index (χ2n) is 8.31. The molecule has 0 radical (unpaired) electrons. The maximum Gasteiger partial charge on any atom is 0.213 e. The molecule has 0 amide bonds. The van der Waals surface area contributed by atoms with Gasteiger partial charge in [0.05, 0.1) is 19.8 Å². The average molecular weight is 568 g/mol. The Labute approximate surface area is 215 Å². The molecule has 2 N–H and O–H groups in total. The van der Waals surface area contributed by atoms with Gasteiger partial charge in [0.25, 0.3) is 0 Å². The largest absolute Gasteiger partial charge is 0.473 e. The fourth-order valence-corrected chi connectivity index (χ4v) is 3.77. The van der Waals surface area contributed by atoms with Crippen LogP contribution < -0.4 is 15.4 Å². The zero-order valence-electron chi connectivity index (χ0n) is 20.0. The van der Waals surface area contributed by atoms with Crippen molar-refractivity contribution in [2.75, 3.05) is 39.4 Å². The Morgan fingerprint density at radius 2 is 1.88 bits per heavy atom. The molecule has 0 bridgehead atoms. The van der Waals surface area contributed by atoms with E-state index in [-0.39, 0.29) is 24.0 Å². The number of hydrogen-bond acceptors (Lipinski definition) is 5. The first-order valence-electron chi connectivity index (χ1n) is 11.6. The normalized spacial score (nSPS) is 15.6. The third kappa shape index (κ3) is 9.46. The third-order valence-electron chi connectivity index (χ3n) is 5.56. The molecule has 1 unspecified atom stereocenters. The van der Waals surface area contributed by atoms with Gasteiger partial charge in [0.15, 0.2) is 5.96 Å². The van der Waals surface area contributed by atoms with Crippen LogP contribution in [0.15, 0.2) is 53.7 Å². The van der Waals surface area contributed by atoms with Gasteiger partial charge in [0.1, 0.15) is 6.61 Å². The Balaban J connectivity index is 0.00000385. The zero-order chi connectivity index (χ0) is 22.6. The Bertz CT molecular complexity index is 829. The van der Waals surface area contributed by atoms with Gasteiger partial charge in [-0.3, -0.25) is 4.90 Å². The van der Waals surface area contributed by atoms with Crippen molar-refractivity contribution >= 4 is 29.9 Å². The molecule has 8 heteroatoms. The first kappa shape index (κ1) is 27.3. The zero-order valence-corrected chi connectivity index (χ0v) is 22.3. The van der Waals surface area contributed by atoms with Crippen LogP contribution in [0.1, 0.15) is 31.9 Å². The summed E-state index contributed by atoms with van der Waals surface area (Å²) in [5.74, 6) is 2.00. The highest BCUT2D eigenvalue weighted by molar-refractivity contribution is 14.0. The number of hydrogen-bond donors (Lipinski definition) is 2. The molecule has 7 nitrogen and oxygen atoms in total. The first-order valence-corrected chi connectivity index (χ1v) is 11.6. The molecule has 0 saturated carbocycles. The minimum absolute atomic E-state index is 0. The van der Waals surface area contributed by atoms with E-state index < -0.39 is 0 Å². The van der Waals surface area contributed by atoms with Crippen LogP contribution in [0.3, 0.4) is 0 Å². The lowest BCUT2D eigenvalue weighted by molar-refractivity contribution is 0.00752. The van der Waals surface area contributed by atoms with Gasteiger partial charge in [-0.2, -0.15) is 0 Å². The molecule has 0 aliphatic carbocycles. The van der Waals surface area contributed by atoms with Crippen molar-refractivity contribution in [3.8, 4) is 5.88 Å². The summed E-state index contributed by atoms with van der Waals surface area (Å²) in [7, 11) is 0. The maximum atomic E-state index is 5.85. The van der Waals surface area contributed by atoms with E-state index in [1.54, 1.807) is 6.20 Å². The number of guanidine groups is 1. The fraction of sp³-hybridized carbons (Fsp3) is 0.520. The van der Waals surface area contributed by atoms with Crippen LogP contribution in [0.4, 0.5) is 0 Å². The molecular formula is C25H38IN5O2. The van der Waals surface area contributed by atoms with Crippen LogP contribution in [0.5, 0.6) is 5.88 Å². The lowest BCUT2D eigenvalue weighted by Crippen LogP contribution is -2.52. The molecule has 2 aromatic rings. The number of nitrogens with one attached hydrogen (secondary N) is 2. The number of morpholine rings is 1. The highest BCUT2D eigenvalue weighted by Gasteiger charge is 2.23. The Morgan fingerprint density at radius 1 is 1.12 bits per heavy atom. The first-order chi connectivity index (χ1) is 15.7. The SMILES string of the molecule is CCNC(=NCc1ccnc(OCc2ccccc2)c1)NCC(C(C)C)N1CCOCC1.I. The van der Waals surface area contributed by atoms with Crippen molar-refractivity contribution in [3.05, 3.63) is 59.8 Å². The van der Waals surface area contributed by atoms with Gasteiger partial charge in [-0.05, 0) is 30.0 Å². The van der Waals surface area contributed by atoms with Gasteiger partial charge < -0.3 is 20.1 Å². The molecule has 3 rings (SSSR count). The van der Waals surface area contributed by atoms with Crippen LogP contribution in [-0.2, 0) is 17.9 Å². The van der Waals surface area contributed by atoms with Crippen molar-refractivity contribution in [1.29, 1.82) is 0 Å². The molecule has 1 aromatic heterocycles. The van der Waals surface area contributed by atoms with Crippen molar-refractivity contribution in [2.24, 2.45) is 10.9 Å². The Morgan fingerprint density at radius 3 is 2.58 bits per heavy atom. The van der Waals surface area contributed by atoms with Crippen LogP contribution in [0.2, 0.25) is 0 Å². The highest BCUT2D eigenvalue weighted by Crippen LogP contribution is 2.14. The number of ether oxygens (including phenoxy) is 2. The minimum Gasteiger partial charge on any atom is -0.473 e. The molecule has 182 valence electrons. The predicted octanol–water partition coefficient (Wildman–Crippen LogP) is 3.69. The molecule has 1 aliphatic heterocycles. The Kier molecular flexibility index (Phi) is 12.5. The number of rotatable bonds is 10. The van der Waals surface area contributed by atoms with Crippen LogP contribution in [0, 0.1) is 5.92 Å². The van der Waals surface area contributed by atoms with Gasteiger partial charge >= 0.3 is 0 Å². The van der Waals surface area contributed by atoms with E-state index in [0.29, 0.717) is 31.0 Å². The van der Waals surface area contributed by atoms with Crippen LogP contribution in [-0.4, -0.2) is 61.3 Å². The quantitative estimate of drug-likeness (QED) is 0.259. The molecule has 1 atom stereocenters. The van der Waals surface area contributed by atoms with E-state index in [9.17, 15) is 0 Å². The second-order valence-corrected chi connectivity index (χ2v) is 8.31. The lowest BCUT2D eigenvalue weighted by Gasteiger charge is -2.37. The van der Waals surface area contributed by atoms with E-state index in [1.165, 1.54) is 0 Å². The lowest BCUT2D eigenvalue weighted by atomic mass is 10.0.